The van der Waals surface area contributed by atoms with E-state index in [0.717, 1.165) is 18.4 Å². The number of thioether (sulfide) groups is 1. The molecule has 2 unspecified atom stereocenters. The number of amides is 1. The van der Waals surface area contributed by atoms with Crippen LogP contribution >= 0.6 is 11.8 Å². The Hall–Kier alpha value is -1.23. The number of ether oxygens (including phenoxy) is 1. The Labute approximate surface area is 173 Å². The van der Waals surface area contributed by atoms with Crippen molar-refractivity contribution in [2.75, 3.05) is 25.4 Å². The highest BCUT2D eigenvalue weighted by atomic mass is 32.2. The van der Waals surface area contributed by atoms with Crippen molar-refractivity contribution in [2.24, 2.45) is 11.8 Å². The zero-order valence-electron chi connectivity index (χ0n) is 17.1. The predicted octanol–water partition coefficient (Wildman–Crippen LogP) is 5.54. The molecule has 1 saturated heterocycles. The molecule has 1 aliphatic heterocycles. The first-order valence-electron chi connectivity index (χ1n) is 10.9. The molecule has 1 heterocycles. The molecule has 1 amide bonds. The fraction of sp³-hybridized carbons (Fsp3) is 0.696. The van der Waals surface area contributed by atoms with Gasteiger partial charge in [0.05, 0.1) is 0 Å². The van der Waals surface area contributed by atoms with Crippen molar-refractivity contribution in [3.8, 4) is 5.75 Å². The number of hydrogen-bond donors (Lipinski definition) is 0. The third-order valence-corrected chi connectivity index (χ3v) is 7.72. The van der Waals surface area contributed by atoms with Gasteiger partial charge in [-0.05, 0) is 55.2 Å². The van der Waals surface area contributed by atoms with Crippen LogP contribution in [0, 0.1) is 17.7 Å². The monoisotopic (exact) mass is 407 g/mol. The maximum Gasteiger partial charge on any atom is 0.260 e. The summed E-state index contributed by atoms with van der Waals surface area (Å²) in [6.45, 7) is 3.60. The van der Waals surface area contributed by atoms with Crippen LogP contribution < -0.4 is 4.74 Å². The number of carbonyl (C=O) groups excluding carboxylic acids is 1. The average Bonchev–Trinajstić information content (AvgIpc) is 3.13. The van der Waals surface area contributed by atoms with Crippen LogP contribution in [0.1, 0.15) is 58.3 Å². The highest BCUT2D eigenvalue weighted by Crippen LogP contribution is 2.42. The van der Waals surface area contributed by atoms with Gasteiger partial charge in [-0.2, -0.15) is 11.8 Å². The van der Waals surface area contributed by atoms with Gasteiger partial charge in [-0.25, -0.2) is 4.39 Å². The molecular weight excluding hydrogens is 373 g/mol. The van der Waals surface area contributed by atoms with E-state index >= 15 is 0 Å². The van der Waals surface area contributed by atoms with Gasteiger partial charge in [0.2, 0.25) is 0 Å². The normalized spacial score (nSPS) is 23.8. The second-order valence-corrected chi connectivity index (χ2v) is 9.49. The molecule has 5 heteroatoms. The number of nitrogens with zero attached hydrogens (tertiary/aromatic N) is 1. The summed E-state index contributed by atoms with van der Waals surface area (Å²) in [5, 5.41) is 0.555. The lowest BCUT2D eigenvalue weighted by Gasteiger charge is -2.32. The van der Waals surface area contributed by atoms with Crippen molar-refractivity contribution in [2.45, 2.75) is 63.5 Å². The third-order valence-electron chi connectivity index (χ3n) is 6.33. The number of rotatable bonds is 7. The third kappa shape index (κ3) is 6.13. The number of carbonyl (C=O) groups is 1. The van der Waals surface area contributed by atoms with Crippen LogP contribution in [0.3, 0.4) is 0 Å². The Morgan fingerprint density at radius 1 is 1.11 bits per heavy atom. The fourth-order valence-corrected chi connectivity index (χ4v) is 6.30. The molecule has 0 bridgehead atoms. The SMILES string of the molecule is CCN(CC1SCCC1C1CCCCCCC1)C(=O)COc1ccc(F)cc1. The van der Waals surface area contributed by atoms with Crippen LogP contribution in [0.2, 0.25) is 0 Å². The van der Waals surface area contributed by atoms with E-state index in [2.05, 4.69) is 11.8 Å². The first kappa shape index (κ1) is 21.5. The molecule has 1 aliphatic carbocycles. The standard InChI is InChI=1S/C23H34FNO2S/c1-2-25(23(26)17-27-20-12-10-19(24)11-13-20)16-22-21(14-15-28-22)18-8-6-4-3-5-7-9-18/h10-13,18,21-22H,2-9,14-17H2,1H3. The summed E-state index contributed by atoms with van der Waals surface area (Å²) >= 11 is 2.06. The Balaban J connectivity index is 1.52. The summed E-state index contributed by atoms with van der Waals surface area (Å²) in [7, 11) is 0. The van der Waals surface area contributed by atoms with Crippen LogP contribution in [-0.4, -0.2) is 41.5 Å². The minimum absolute atomic E-state index is 0.0188. The largest absolute Gasteiger partial charge is 0.484 e. The Morgan fingerprint density at radius 3 is 2.46 bits per heavy atom. The molecule has 156 valence electrons. The second-order valence-electron chi connectivity index (χ2n) is 8.14. The van der Waals surface area contributed by atoms with E-state index in [9.17, 15) is 9.18 Å². The zero-order chi connectivity index (χ0) is 19.8. The van der Waals surface area contributed by atoms with Crippen LogP contribution in [0.4, 0.5) is 4.39 Å². The Bertz CT molecular complexity index is 601. The first-order chi connectivity index (χ1) is 13.7. The number of benzene rings is 1. The minimum atomic E-state index is -0.299. The quantitative estimate of drug-likeness (QED) is 0.595. The second kappa shape index (κ2) is 11.1. The zero-order valence-corrected chi connectivity index (χ0v) is 17.9. The smallest absolute Gasteiger partial charge is 0.260 e. The number of halogens is 1. The topological polar surface area (TPSA) is 29.5 Å². The lowest BCUT2D eigenvalue weighted by molar-refractivity contribution is -0.133. The molecule has 2 fully saturated rings. The van der Waals surface area contributed by atoms with Crippen LogP contribution in [0.15, 0.2) is 24.3 Å². The van der Waals surface area contributed by atoms with Crippen molar-refractivity contribution in [3.05, 3.63) is 30.1 Å². The highest BCUT2D eigenvalue weighted by Gasteiger charge is 2.35. The highest BCUT2D eigenvalue weighted by molar-refractivity contribution is 8.00. The van der Waals surface area contributed by atoms with Gasteiger partial charge in [0.25, 0.3) is 5.91 Å². The van der Waals surface area contributed by atoms with Gasteiger partial charge in [-0.3, -0.25) is 4.79 Å². The van der Waals surface area contributed by atoms with E-state index in [4.69, 9.17) is 4.74 Å². The lowest BCUT2D eigenvalue weighted by Crippen LogP contribution is -2.41. The molecule has 2 atom stereocenters. The van der Waals surface area contributed by atoms with Crippen molar-refractivity contribution >= 4 is 17.7 Å². The summed E-state index contributed by atoms with van der Waals surface area (Å²) in [6, 6.07) is 5.84. The van der Waals surface area contributed by atoms with Crippen molar-refractivity contribution in [1.29, 1.82) is 0 Å². The van der Waals surface area contributed by atoms with Crippen LogP contribution in [0.5, 0.6) is 5.75 Å². The summed E-state index contributed by atoms with van der Waals surface area (Å²) in [4.78, 5) is 14.7. The van der Waals surface area contributed by atoms with E-state index in [0.29, 0.717) is 17.5 Å². The molecular formula is C23H34FNO2S. The number of likely N-dealkylation sites (N-methyl/N-ethyl adjacent to an activating group) is 1. The molecule has 0 radical (unpaired) electrons. The Kier molecular flexibility index (Phi) is 8.50. The molecule has 3 nitrogen and oxygen atoms in total. The van der Waals surface area contributed by atoms with Gasteiger partial charge in [0.1, 0.15) is 11.6 Å². The van der Waals surface area contributed by atoms with Crippen LogP contribution in [-0.2, 0) is 4.79 Å². The molecule has 0 aromatic heterocycles. The van der Waals surface area contributed by atoms with Gasteiger partial charge < -0.3 is 9.64 Å². The Morgan fingerprint density at radius 2 is 1.79 bits per heavy atom. The number of hydrogen-bond acceptors (Lipinski definition) is 3. The van der Waals surface area contributed by atoms with E-state index in [1.807, 2.05) is 11.8 Å². The lowest BCUT2D eigenvalue weighted by atomic mass is 9.79. The van der Waals surface area contributed by atoms with Gasteiger partial charge in [-0.15, -0.1) is 0 Å². The van der Waals surface area contributed by atoms with Gasteiger partial charge in [0, 0.05) is 18.3 Å². The molecule has 0 spiro atoms. The fourth-order valence-electron chi connectivity index (χ4n) is 4.70. The minimum Gasteiger partial charge on any atom is -0.484 e. The van der Waals surface area contributed by atoms with Gasteiger partial charge in [0.15, 0.2) is 6.61 Å². The summed E-state index contributed by atoms with van der Waals surface area (Å²) in [6.07, 6.45) is 11.0. The van der Waals surface area contributed by atoms with Gasteiger partial charge in [-0.1, -0.05) is 44.9 Å². The van der Waals surface area contributed by atoms with Crippen molar-refractivity contribution in [3.63, 3.8) is 0 Å². The van der Waals surface area contributed by atoms with E-state index in [-0.39, 0.29) is 18.3 Å². The molecule has 3 rings (SSSR count). The summed E-state index contributed by atoms with van der Waals surface area (Å²) in [5.41, 5.74) is 0. The molecule has 1 saturated carbocycles. The van der Waals surface area contributed by atoms with E-state index in [1.165, 1.54) is 69.3 Å². The maximum atomic E-state index is 13.0. The maximum absolute atomic E-state index is 13.0. The molecule has 1 aromatic rings. The van der Waals surface area contributed by atoms with Crippen LogP contribution in [0.25, 0.3) is 0 Å². The van der Waals surface area contributed by atoms with Crippen molar-refractivity contribution < 1.29 is 13.9 Å². The molecule has 2 aliphatic rings. The average molecular weight is 408 g/mol. The molecule has 1 aromatic carbocycles. The van der Waals surface area contributed by atoms with Gasteiger partial charge >= 0.3 is 0 Å². The molecule has 0 N–H and O–H groups in total. The van der Waals surface area contributed by atoms with Crippen molar-refractivity contribution in [1.82, 2.24) is 4.90 Å². The molecule has 28 heavy (non-hydrogen) atoms. The van der Waals surface area contributed by atoms with E-state index < -0.39 is 0 Å². The summed E-state index contributed by atoms with van der Waals surface area (Å²) < 4.78 is 18.6. The predicted molar refractivity (Wildman–Crippen MR) is 114 cm³/mol. The summed E-state index contributed by atoms with van der Waals surface area (Å²) in [5.74, 6) is 3.08. The van der Waals surface area contributed by atoms with E-state index in [1.54, 1.807) is 12.1 Å². The first-order valence-corrected chi connectivity index (χ1v) is 12.0.